The van der Waals surface area contributed by atoms with E-state index in [0.717, 1.165) is 16.8 Å². The van der Waals surface area contributed by atoms with E-state index in [4.69, 9.17) is 15.0 Å². The monoisotopic (exact) mass is 591 g/mol. The van der Waals surface area contributed by atoms with Gasteiger partial charge in [0, 0.05) is 17.2 Å². The molecule has 214 valence electrons. The maximum atomic E-state index is 12.3. The van der Waals surface area contributed by atoms with E-state index >= 15 is 0 Å². The van der Waals surface area contributed by atoms with E-state index in [1.165, 1.54) is 0 Å². The number of H-pyrrole nitrogens is 1. The molecule has 0 bridgehead atoms. The average molecular weight is 591 g/mol. The first-order valence-electron chi connectivity index (χ1n) is 10.4. The molecular formula is C15H23N5O16P2. The topological polar surface area (TPSA) is 326 Å². The minimum Gasteiger partial charge on any atom is -0.394 e. The van der Waals surface area contributed by atoms with Crippen LogP contribution < -0.4 is 11.2 Å². The second kappa shape index (κ2) is 12.0. The molecule has 0 amide bonds. The van der Waals surface area contributed by atoms with Crippen molar-refractivity contribution in [3.05, 3.63) is 43.5 Å². The van der Waals surface area contributed by atoms with E-state index < -0.39 is 95.3 Å². The van der Waals surface area contributed by atoms with Crippen molar-refractivity contribution in [1.82, 2.24) is 9.55 Å². The van der Waals surface area contributed by atoms with Gasteiger partial charge >= 0.3 is 21.3 Å². The number of rotatable bonds is 10. The van der Waals surface area contributed by atoms with E-state index in [-0.39, 0.29) is 0 Å². The van der Waals surface area contributed by atoms with Crippen molar-refractivity contribution >= 4 is 15.6 Å². The summed E-state index contributed by atoms with van der Waals surface area (Å²) in [6, 6.07) is -0.939. The molecule has 11 unspecified atom stereocenters. The fourth-order valence-electron chi connectivity index (χ4n) is 3.53. The Morgan fingerprint density at radius 2 is 1.71 bits per heavy atom. The highest BCUT2D eigenvalue weighted by Gasteiger charge is 2.49. The second-order valence-electron chi connectivity index (χ2n) is 7.89. The zero-order chi connectivity index (χ0) is 28.4. The van der Waals surface area contributed by atoms with Gasteiger partial charge in [-0.05, 0) is 5.53 Å². The highest BCUT2D eigenvalue weighted by atomic mass is 31.3. The summed E-state index contributed by atoms with van der Waals surface area (Å²) < 4.78 is 48.7. The van der Waals surface area contributed by atoms with Crippen molar-refractivity contribution in [2.24, 2.45) is 5.11 Å². The minimum atomic E-state index is -5.64. The van der Waals surface area contributed by atoms with Crippen molar-refractivity contribution in [3.63, 3.8) is 0 Å². The number of nitrogens with one attached hydrogen (secondary N) is 1. The molecule has 8 N–H and O–H groups in total. The molecule has 3 rings (SSSR count). The predicted octanol–water partition coefficient (Wildman–Crippen LogP) is -3.48. The molecule has 3 heterocycles. The lowest BCUT2D eigenvalue weighted by Crippen LogP contribution is -2.58. The smallest absolute Gasteiger partial charge is 0.394 e. The van der Waals surface area contributed by atoms with Crippen molar-refractivity contribution < 1.29 is 67.3 Å². The summed E-state index contributed by atoms with van der Waals surface area (Å²) in [5.74, 6) is 0. The number of phosphoric ester groups is 2. The molecule has 23 heteroatoms. The van der Waals surface area contributed by atoms with Crippen LogP contribution in [0.25, 0.3) is 10.4 Å². The van der Waals surface area contributed by atoms with Gasteiger partial charge in [0.15, 0.2) is 12.5 Å². The van der Waals surface area contributed by atoms with Gasteiger partial charge in [-0.2, -0.15) is 4.31 Å². The van der Waals surface area contributed by atoms with Crippen LogP contribution in [-0.2, 0) is 32.0 Å². The Bertz CT molecular complexity index is 1250. The van der Waals surface area contributed by atoms with Crippen molar-refractivity contribution in [2.45, 2.75) is 55.2 Å². The SMILES string of the molecule is [N-]=[N+]=NC1C(OP(=O)(O)OP(=O)(O)OCC2OC(n3ccc(=O)[nH]c3=O)C(O)C2O)OC(CO)C(O)C1O. The maximum absolute atomic E-state index is 12.3. The van der Waals surface area contributed by atoms with Crippen LogP contribution in [0, 0.1) is 0 Å². The van der Waals surface area contributed by atoms with Gasteiger partial charge in [-0.25, -0.2) is 13.9 Å². The Morgan fingerprint density at radius 3 is 2.32 bits per heavy atom. The predicted molar refractivity (Wildman–Crippen MR) is 116 cm³/mol. The molecule has 0 aromatic carbocycles. The molecule has 2 saturated heterocycles. The van der Waals surface area contributed by atoms with Crippen LogP contribution in [-0.4, -0.2) is 107 Å². The van der Waals surface area contributed by atoms with E-state index in [2.05, 4.69) is 23.4 Å². The van der Waals surface area contributed by atoms with Crippen molar-refractivity contribution in [1.29, 1.82) is 0 Å². The summed E-state index contributed by atoms with van der Waals surface area (Å²) in [7, 11) is -11.2. The average Bonchev–Trinajstić information content (AvgIpc) is 3.10. The number of aliphatic hydroxyl groups is 5. The lowest BCUT2D eigenvalue weighted by Gasteiger charge is -2.40. The number of hydrogen-bond donors (Lipinski definition) is 8. The molecule has 2 fully saturated rings. The third-order valence-electron chi connectivity index (χ3n) is 5.34. The molecular weight excluding hydrogens is 568 g/mol. The van der Waals surface area contributed by atoms with Gasteiger partial charge in [0.2, 0.25) is 0 Å². The van der Waals surface area contributed by atoms with E-state index in [1.54, 1.807) is 0 Å². The Morgan fingerprint density at radius 1 is 1.05 bits per heavy atom. The molecule has 21 nitrogen and oxygen atoms in total. The fraction of sp³-hybridized carbons (Fsp3) is 0.733. The van der Waals surface area contributed by atoms with Crippen LogP contribution in [0.2, 0.25) is 0 Å². The molecule has 2 aliphatic rings. The van der Waals surface area contributed by atoms with Crippen LogP contribution in [0.1, 0.15) is 6.23 Å². The Kier molecular flexibility index (Phi) is 9.64. The molecule has 38 heavy (non-hydrogen) atoms. The number of aromatic amines is 1. The highest BCUT2D eigenvalue weighted by molar-refractivity contribution is 7.61. The van der Waals surface area contributed by atoms with Gasteiger partial charge in [0.1, 0.15) is 36.6 Å². The van der Waals surface area contributed by atoms with Gasteiger partial charge in [-0.3, -0.25) is 23.4 Å². The van der Waals surface area contributed by atoms with Crippen LogP contribution in [0.3, 0.4) is 0 Å². The van der Waals surface area contributed by atoms with Crippen LogP contribution in [0.5, 0.6) is 0 Å². The first-order valence-corrected chi connectivity index (χ1v) is 13.4. The number of nitrogens with zero attached hydrogens (tertiary/aromatic N) is 4. The first-order chi connectivity index (χ1) is 17.7. The lowest BCUT2D eigenvalue weighted by atomic mass is 9.98. The standard InChI is InChI=1S/C15H23N5O16P2/c16-19-18-8-11(25)9(23)5(3-21)34-14(8)35-38(30,31)36-37(28,29)32-4-6-10(24)12(26)13(33-6)20-2-1-7(22)17-15(20)27/h1-2,5-6,8-14,21,23-26H,3-4H2,(H,28,29)(H,30,31)(H,17,22,27). The summed E-state index contributed by atoms with van der Waals surface area (Å²) >= 11 is 0. The molecule has 0 aliphatic carbocycles. The van der Waals surface area contributed by atoms with Gasteiger partial charge in [-0.1, -0.05) is 5.11 Å². The normalized spacial score (nSPS) is 36.7. The number of phosphoric acid groups is 2. The molecule has 1 aromatic heterocycles. The van der Waals surface area contributed by atoms with Gasteiger partial charge in [0.25, 0.3) is 5.56 Å². The van der Waals surface area contributed by atoms with Crippen molar-refractivity contribution in [2.75, 3.05) is 13.2 Å². The molecule has 2 aliphatic heterocycles. The van der Waals surface area contributed by atoms with Crippen LogP contribution in [0.4, 0.5) is 0 Å². The second-order valence-corrected chi connectivity index (χ2v) is 10.9. The van der Waals surface area contributed by atoms with E-state index in [0.29, 0.717) is 0 Å². The number of aromatic nitrogens is 2. The van der Waals surface area contributed by atoms with Gasteiger partial charge in [-0.15, -0.1) is 0 Å². The van der Waals surface area contributed by atoms with E-state index in [1.807, 2.05) is 4.98 Å². The molecule has 0 spiro atoms. The third-order valence-corrected chi connectivity index (χ3v) is 7.94. The summed E-state index contributed by atoms with van der Waals surface area (Å²) in [4.78, 5) is 47.2. The molecule has 1 aromatic rings. The number of ether oxygens (including phenoxy) is 2. The number of hydrogen-bond acceptors (Lipinski definition) is 15. The largest absolute Gasteiger partial charge is 0.483 e. The zero-order valence-corrected chi connectivity index (χ0v) is 20.5. The van der Waals surface area contributed by atoms with Crippen LogP contribution in [0.15, 0.2) is 27.0 Å². The minimum absolute atomic E-state index is 0.718. The van der Waals surface area contributed by atoms with Gasteiger partial charge in [0.05, 0.1) is 19.3 Å². The fourth-order valence-corrected chi connectivity index (χ4v) is 5.69. The maximum Gasteiger partial charge on any atom is 0.483 e. The van der Waals surface area contributed by atoms with Gasteiger partial charge < -0.3 is 44.8 Å². The first kappa shape index (κ1) is 30.5. The summed E-state index contributed by atoms with van der Waals surface area (Å²) in [5, 5.41) is 52.5. The zero-order valence-electron chi connectivity index (χ0n) is 18.8. The van der Waals surface area contributed by atoms with Crippen LogP contribution >= 0.6 is 15.6 Å². The third kappa shape index (κ3) is 6.93. The quantitative estimate of drug-likeness (QED) is 0.0567. The molecule has 0 radical (unpaired) electrons. The number of azide groups is 1. The lowest BCUT2D eigenvalue weighted by molar-refractivity contribution is -0.242. The highest BCUT2D eigenvalue weighted by Crippen LogP contribution is 2.61. The Balaban J connectivity index is 1.65. The Hall–Kier alpha value is -2.03. The summed E-state index contributed by atoms with van der Waals surface area (Å²) in [5.41, 5.74) is 6.87. The molecule has 11 atom stereocenters. The van der Waals surface area contributed by atoms with Crippen molar-refractivity contribution in [3.8, 4) is 0 Å². The van der Waals surface area contributed by atoms with E-state index in [9.17, 15) is 54.0 Å². The summed E-state index contributed by atoms with van der Waals surface area (Å²) in [6.07, 6.45) is -13.2. The number of aliphatic hydroxyl groups excluding tert-OH is 5. The summed E-state index contributed by atoms with van der Waals surface area (Å²) in [6.45, 7) is -1.96. The Labute approximate surface area is 210 Å². The molecule has 0 saturated carbocycles.